The van der Waals surface area contributed by atoms with Crippen LogP contribution in [0.15, 0.2) is 6.20 Å². The van der Waals surface area contributed by atoms with Crippen LogP contribution >= 0.6 is 22.9 Å². The van der Waals surface area contributed by atoms with Gasteiger partial charge in [-0.1, -0.05) is 22.9 Å². The van der Waals surface area contributed by atoms with Gasteiger partial charge in [0.2, 0.25) is 0 Å². The molecule has 0 saturated carbocycles. The first-order chi connectivity index (χ1) is 6.09. The van der Waals surface area contributed by atoms with Crippen molar-refractivity contribution in [3.8, 4) is 0 Å². The van der Waals surface area contributed by atoms with Crippen LogP contribution in [0, 0.1) is 0 Å². The molecule has 0 aromatic carbocycles. The Kier molecular flexibility index (Phi) is 3.21. The number of thiazole rings is 1. The minimum Gasteiger partial charge on any atom is -0.480 e. The number of halogens is 1. The van der Waals surface area contributed by atoms with Crippen LogP contribution in [0.1, 0.15) is 9.67 Å². The Labute approximate surface area is 82.4 Å². The maximum atomic E-state index is 11.1. The smallest absolute Gasteiger partial charge is 0.322 e. The highest BCUT2D eigenvalue weighted by molar-refractivity contribution is 7.17. The van der Waals surface area contributed by atoms with Crippen LogP contribution in [0.2, 0.25) is 4.47 Å². The SMILES string of the molecule is O=C(O)CNC(=O)c1cnc(Cl)s1. The molecular weight excluding hydrogens is 216 g/mol. The number of amides is 1. The molecular formula is C6H5ClN2O3S. The van der Waals surface area contributed by atoms with Gasteiger partial charge in [0.25, 0.3) is 5.91 Å². The van der Waals surface area contributed by atoms with Gasteiger partial charge in [0.05, 0.1) is 6.20 Å². The molecule has 1 amide bonds. The summed E-state index contributed by atoms with van der Waals surface area (Å²) in [5, 5.41) is 10.4. The molecule has 1 heterocycles. The molecule has 0 aliphatic rings. The molecule has 5 nitrogen and oxygen atoms in total. The van der Waals surface area contributed by atoms with Gasteiger partial charge in [0.15, 0.2) is 4.47 Å². The standard InChI is InChI=1S/C6H5ClN2O3S/c7-6-9-1-3(13-6)5(12)8-2-4(10)11/h1H,2H2,(H,8,12)(H,10,11). The van der Waals surface area contributed by atoms with E-state index in [4.69, 9.17) is 16.7 Å². The molecule has 70 valence electrons. The number of carbonyl (C=O) groups is 2. The lowest BCUT2D eigenvalue weighted by atomic mass is 10.5. The Hall–Kier alpha value is -1.14. The van der Waals surface area contributed by atoms with E-state index in [-0.39, 0.29) is 4.47 Å². The number of hydrogen-bond acceptors (Lipinski definition) is 4. The molecule has 0 radical (unpaired) electrons. The highest BCUT2D eigenvalue weighted by Crippen LogP contribution is 2.17. The van der Waals surface area contributed by atoms with E-state index in [9.17, 15) is 9.59 Å². The Bertz CT molecular complexity index is 338. The van der Waals surface area contributed by atoms with Crippen molar-refractivity contribution in [3.63, 3.8) is 0 Å². The molecule has 1 aromatic rings. The van der Waals surface area contributed by atoms with E-state index in [1.54, 1.807) is 0 Å². The molecule has 0 unspecified atom stereocenters. The van der Waals surface area contributed by atoms with Gasteiger partial charge >= 0.3 is 5.97 Å². The predicted molar refractivity (Wildman–Crippen MR) is 47.1 cm³/mol. The quantitative estimate of drug-likeness (QED) is 0.782. The molecule has 1 aromatic heterocycles. The first kappa shape index (κ1) is 9.94. The number of carboxylic acids is 1. The van der Waals surface area contributed by atoms with Gasteiger partial charge in [0, 0.05) is 0 Å². The second kappa shape index (κ2) is 4.20. The van der Waals surface area contributed by atoms with Crippen molar-refractivity contribution < 1.29 is 14.7 Å². The zero-order chi connectivity index (χ0) is 9.84. The summed E-state index contributed by atoms with van der Waals surface area (Å²) in [5.74, 6) is -1.57. The van der Waals surface area contributed by atoms with Crippen LogP contribution in [0.5, 0.6) is 0 Å². The minimum absolute atomic E-state index is 0.250. The van der Waals surface area contributed by atoms with Crippen molar-refractivity contribution in [3.05, 3.63) is 15.5 Å². The number of rotatable bonds is 3. The number of aromatic nitrogens is 1. The molecule has 0 spiro atoms. The van der Waals surface area contributed by atoms with Gasteiger partial charge in [-0.25, -0.2) is 4.98 Å². The normalized spacial score (nSPS) is 9.62. The Morgan fingerprint density at radius 1 is 1.69 bits per heavy atom. The van der Waals surface area contributed by atoms with Crippen molar-refractivity contribution in [2.24, 2.45) is 0 Å². The van der Waals surface area contributed by atoms with Crippen molar-refractivity contribution in [1.82, 2.24) is 10.3 Å². The van der Waals surface area contributed by atoms with Gasteiger partial charge in [0.1, 0.15) is 11.4 Å². The Morgan fingerprint density at radius 3 is 2.85 bits per heavy atom. The lowest BCUT2D eigenvalue weighted by Gasteiger charge is -1.96. The van der Waals surface area contributed by atoms with Crippen molar-refractivity contribution >= 4 is 34.8 Å². The van der Waals surface area contributed by atoms with E-state index in [1.807, 2.05) is 0 Å². The Morgan fingerprint density at radius 2 is 2.38 bits per heavy atom. The molecule has 1 rings (SSSR count). The average molecular weight is 221 g/mol. The van der Waals surface area contributed by atoms with Gasteiger partial charge < -0.3 is 10.4 Å². The van der Waals surface area contributed by atoms with Crippen molar-refractivity contribution in [2.45, 2.75) is 0 Å². The van der Waals surface area contributed by atoms with E-state index in [0.29, 0.717) is 4.88 Å². The van der Waals surface area contributed by atoms with Crippen LogP contribution < -0.4 is 5.32 Å². The van der Waals surface area contributed by atoms with Crippen LogP contribution in [0.25, 0.3) is 0 Å². The maximum absolute atomic E-state index is 11.1. The first-order valence-corrected chi connectivity index (χ1v) is 4.40. The van der Waals surface area contributed by atoms with E-state index in [2.05, 4.69) is 10.3 Å². The third kappa shape index (κ3) is 3.00. The van der Waals surface area contributed by atoms with Gasteiger partial charge in [-0.15, -0.1) is 0 Å². The van der Waals surface area contributed by atoms with E-state index in [0.717, 1.165) is 11.3 Å². The van der Waals surface area contributed by atoms with Gasteiger partial charge in [-0.05, 0) is 0 Å². The lowest BCUT2D eigenvalue weighted by molar-refractivity contribution is -0.135. The predicted octanol–water partition coefficient (Wildman–Crippen LogP) is 0.611. The monoisotopic (exact) mass is 220 g/mol. The second-order valence-electron chi connectivity index (χ2n) is 2.05. The van der Waals surface area contributed by atoms with E-state index < -0.39 is 18.4 Å². The third-order valence-corrected chi connectivity index (χ3v) is 2.22. The zero-order valence-corrected chi connectivity index (χ0v) is 7.85. The van der Waals surface area contributed by atoms with Gasteiger partial charge in [-0.3, -0.25) is 9.59 Å². The number of carbonyl (C=O) groups excluding carboxylic acids is 1. The summed E-state index contributed by atoms with van der Waals surface area (Å²) < 4.78 is 0.250. The molecule has 0 aliphatic heterocycles. The number of nitrogens with one attached hydrogen (secondary N) is 1. The maximum Gasteiger partial charge on any atom is 0.322 e. The fourth-order valence-electron chi connectivity index (χ4n) is 0.601. The lowest BCUT2D eigenvalue weighted by Crippen LogP contribution is -2.28. The molecule has 0 saturated heterocycles. The molecule has 0 atom stereocenters. The molecule has 13 heavy (non-hydrogen) atoms. The van der Waals surface area contributed by atoms with Crippen LogP contribution in [0.3, 0.4) is 0 Å². The summed E-state index contributed by atoms with van der Waals surface area (Å²) in [5.41, 5.74) is 0. The number of carboxylic acid groups (broad SMARTS) is 1. The Balaban J connectivity index is 2.54. The van der Waals surface area contributed by atoms with Gasteiger partial charge in [-0.2, -0.15) is 0 Å². The second-order valence-corrected chi connectivity index (χ2v) is 3.67. The van der Waals surface area contributed by atoms with E-state index in [1.165, 1.54) is 6.20 Å². The number of nitrogens with zero attached hydrogens (tertiary/aromatic N) is 1. The molecule has 0 aliphatic carbocycles. The highest BCUT2D eigenvalue weighted by Gasteiger charge is 2.09. The summed E-state index contributed by atoms with van der Waals surface area (Å²) in [6.07, 6.45) is 1.30. The minimum atomic E-state index is -1.09. The average Bonchev–Trinajstić information content (AvgIpc) is 2.47. The fraction of sp³-hybridized carbons (Fsp3) is 0.167. The summed E-state index contributed by atoms with van der Waals surface area (Å²) in [6.45, 7) is -0.408. The molecule has 0 bridgehead atoms. The van der Waals surface area contributed by atoms with Crippen LogP contribution in [-0.2, 0) is 4.79 Å². The summed E-state index contributed by atoms with van der Waals surface area (Å²) in [4.78, 5) is 25.1. The highest BCUT2D eigenvalue weighted by atomic mass is 35.5. The summed E-state index contributed by atoms with van der Waals surface area (Å²) in [7, 11) is 0. The van der Waals surface area contributed by atoms with Crippen molar-refractivity contribution in [1.29, 1.82) is 0 Å². The molecule has 7 heteroatoms. The fourth-order valence-corrected chi connectivity index (χ4v) is 1.46. The van der Waals surface area contributed by atoms with Crippen LogP contribution in [-0.4, -0.2) is 28.5 Å². The van der Waals surface area contributed by atoms with Crippen molar-refractivity contribution in [2.75, 3.05) is 6.54 Å². The zero-order valence-electron chi connectivity index (χ0n) is 6.28. The number of hydrogen-bond donors (Lipinski definition) is 2. The summed E-state index contributed by atoms with van der Waals surface area (Å²) in [6, 6.07) is 0. The first-order valence-electron chi connectivity index (χ1n) is 3.21. The number of aliphatic carboxylic acids is 1. The summed E-state index contributed by atoms with van der Waals surface area (Å²) >= 11 is 6.48. The van der Waals surface area contributed by atoms with Crippen LogP contribution in [0.4, 0.5) is 0 Å². The largest absolute Gasteiger partial charge is 0.480 e. The molecule has 2 N–H and O–H groups in total. The third-order valence-electron chi connectivity index (χ3n) is 1.10. The topological polar surface area (TPSA) is 79.3 Å². The molecule has 0 fully saturated rings. The van der Waals surface area contributed by atoms with E-state index >= 15 is 0 Å².